The molecule has 0 heterocycles. The molecule has 0 bridgehead atoms. The summed E-state index contributed by atoms with van der Waals surface area (Å²) in [6.07, 6.45) is 0.852. The van der Waals surface area contributed by atoms with Gasteiger partial charge >= 0.3 is 0 Å². The highest BCUT2D eigenvalue weighted by molar-refractivity contribution is 5.93. The summed E-state index contributed by atoms with van der Waals surface area (Å²) in [5.41, 5.74) is 3.94. The molecule has 5 heteroatoms. The van der Waals surface area contributed by atoms with Crippen LogP contribution in [0.3, 0.4) is 0 Å². The summed E-state index contributed by atoms with van der Waals surface area (Å²) < 4.78 is 11.6. The molecule has 4 aromatic carbocycles. The second kappa shape index (κ2) is 12.1. The molecule has 172 valence electrons. The van der Waals surface area contributed by atoms with Crippen molar-refractivity contribution < 1.29 is 14.3 Å². The second-order valence-electron chi connectivity index (χ2n) is 7.81. The molecular weight excluding hydrogens is 424 g/mol. The quantitative estimate of drug-likeness (QED) is 0.296. The van der Waals surface area contributed by atoms with E-state index in [1.54, 1.807) is 0 Å². The predicted octanol–water partition coefficient (Wildman–Crippen LogP) is 5.94. The summed E-state index contributed by atoms with van der Waals surface area (Å²) in [4.78, 5) is 12.3. The third-order valence-corrected chi connectivity index (χ3v) is 5.20. The Morgan fingerprint density at radius 2 is 1.18 bits per heavy atom. The van der Waals surface area contributed by atoms with E-state index in [9.17, 15) is 4.79 Å². The van der Waals surface area contributed by atoms with Gasteiger partial charge in [-0.1, -0.05) is 60.7 Å². The third kappa shape index (κ3) is 7.41. The van der Waals surface area contributed by atoms with Crippen LogP contribution in [0.1, 0.15) is 11.1 Å². The minimum absolute atomic E-state index is 0.123. The summed E-state index contributed by atoms with van der Waals surface area (Å²) in [7, 11) is 0. The first-order valence-electron chi connectivity index (χ1n) is 11.3. The Bertz CT molecular complexity index is 1150. The van der Waals surface area contributed by atoms with Crippen LogP contribution in [0.4, 0.5) is 11.4 Å². The largest absolute Gasteiger partial charge is 0.493 e. The van der Waals surface area contributed by atoms with Crippen molar-refractivity contribution in [2.45, 2.75) is 13.0 Å². The number of nitrogens with one attached hydrogen (secondary N) is 2. The van der Waals surface area contributed by atoms with Crippen molar-refractivity contribution in [1.29, 1.82) is 0 Å². The summed E-state index contributed by atoms with van der Waals surface area (Å²) in [6.45, 7) is 1.29. The molecule has 34 heavy (non-hydrogen) atoms. The number of carbonyl (C=O) groups excluding carboxylic acids is 1. The molecule has 0 saturated carbocycles. The standard InChI is InChI=1S/C29H28N2O3/c32-29(21-30-25-11-15-28(16-12-25)34-22-24-9-5-2-6-10-24)31-26-13-17-27(18-14-26)33-20-19-23-7-3-1-4-8-23/h1-18,30H,19-22H2,(H,31,32). The van der Waals surface area contributed by atoms with Crippen LogP contribution in [0.5, 0.6) is 11.5 Å². The molecule has 5 nitrogen and oxygen atoms in total. The molecule has 0 radical (unpaired) electrons. The van der Waals surface area contributed by atoms with E-state index in [1.165, 1.54) is 5.56 Å². The third-order valence-electron chi connectivity index (χ3n) is 5.20. The molecule has 0 unspecified atom stereocenters. The number of benzene rings is 4. The maximum absolute atomic E-state index is 12.3. The molecule has 4 rings (SSSR count). The Hall–Kier alpha value is -4.25. The van der Waals surface area contributed by atoms with Gasteiger partial charge in [0.05, 0.1) is 13.2 Å². The molecule has 2 N–H and O–H groups in total. The Morgan fingerprint density at radius 1 is 0.618 bits per heavy atom. The smallest absolute Gasteiger partial charge is 0.243 e. The van der Waals surface area contributed by atoms with E-state index in [0.29, 0.717) is 13.2 Å². The van der Waals surface area contributed by atoms with E-state index in [1.807, 2.05) is 97.1 Å². The highest BCUT2D eigenvalue weighted by Gasteiger charge is 2.04. The molecule has 0 aliphatic rings. The first-order valence-corrected chi connectivity index (χ1v) is 11.3. The summed E-state index contributed by atoms with van der Waals surface area (Å²) in [6, 6.07) is 35.2. The van der Waals surface area contributed by atoms with Gasteiger partial charge in [0.25, 0.3) is 0 Å². The van der Waals surface area contributed by atoms with Crippen LogP contribution in [-0.2, 0) is 17.8 Å². The van der Waals surface area contributed by atoms with E-state index in [-0.39, 0.29) is 12.5 Å². The lowest BCUT2D eigenvalue weighted by Crippen LogP contribution is -2.21. The van der Waals surface area contributed by atoms with Crippen molar-refractivity contribution in [3.8, 4) is 11.5 Å². The Kier molecular flexibility index (Phi) is 8.17. The van der Waals surface area contributed by atoms with Crippen LogP contribution in [-0.4, -0.2) is 19.1 Å². The Morgan fingerprint density at radius 3 is 1.82 bits per heavy atom. The number of ether oxygens (including phenoxy) is 2. The fraction of sp³-hybridized carbons (Fsp3) is 0.138. The van der Waals surface area contributed by atoms with Gasteiger partial charge in [0, 0.05) is 17.8 Å². The summed E-state index contributed by atoms with van der Waals surface area (Å²) >= 11 is 0. The number of carbonyl (C=O) groups is 1. The maximum atomic E-state index is 12.3. The van der Waals surface area contributed by atoms with E-state index < -0.39 is 0 Å². The highest BCUT2D eigenvalue weighted by Crippen LogP contribution is 2.18. The van der Waals surface area contributed by atoms with E-state index in [0.717, 1.165) is 34.9 Å². The summed E-state index contributed by atoms with van der Waals surface area (Å²) in [5.74, 6) is 1.44. The number of amides is 1. The van der Waals surface area contributed by atoms with Crippen LogP contribution in [0.2, 0.25) is 0 Å². The number of anilines is 2. The molecule has 0 aromatic heterocycles. The maximum Gasteiger partial charge on any atom is 0.243 e. The topological polar surface area (TPSA) is 59.6 Å². The molecule has 0 atom stereocenters. The van der Waals surface area contributed by atoms with Gasteiger partial charge < -0.3 is 20.1 Å². The van der Waals surface area contributed by atoms with Gasteiger partial charge in [0.2, 0.25) is 5.91 Å². The summed E-state index contributed by atoms with van der Waals surface area (Å²) in [5, 5.41) is 6.02. The second-order valence-corrected chi connectivity index (χ2v) is 7.81. The van der Waals surface area contributed by atoms with E-state index >= 15 is 0 Å². The van der Waals surface area contributed by atoms with Crippen molar-refractivity contribution in [2.24, 2.45) is 0 Å². The fourth-order valence-electron chi connectivity index (χ4n) is 3.36. The molecule has 1 amide bonds. The monoisotopic (exact) mass is 452 g/mol. The zero-order valence-corrected chi connectivity index (χ0v) is 18.9. The Balaban J connectivity index is 1.16. The van der Waals surface area contributed by atoms with Crippen molar-refractivity contribution in [2.75, 3.05) is 23.8 Å². The van der Waals surface area contributed by atoms with Gasteiger partial charge in [-0.15, -0.1) is 0 Å². The van der Waals surface area contributed by atoms with Crippen LogP contribution in [0.15, 0.2) is 109 Å². The van der Waals surface area contributed by atoms with Crippen LogP contribution >= 0.6 is 0 Å². The van der Waals surface area contributed by atoms with Gasteiger partial charge in [-0.05, 0) is 59.7 Å². The van der Waals surface area contributed by atoms with Gasteiger partial charge in [0.15, 0.2) is 0 Å². The SMILES string of the molecule is O=C(CNc1ccc(OCc2ccccc2)cc1)Nc1ccc(OCCc2ccccc2)cc1. The minimum Gasteiger partial charge on any atom is -0.493 e. The Labute approximate surface area is 200 Å². The molecule has 0 aliphatic carbocycles. The first kappa shape index (κ1) is 22.9. The van der Waals surface area contributed by atoms with Crippen LogP contribution < -0.4 is 20.1 Å². The normalized spacial score (nSPS) is 10.4. The lowest BCUT2D eigenvalue weighted by Gasteiger charge is -2.10. The van der Waals surface area contributed by atoms with Gasteiger partial charge in [-0.2, -0.15) is 0 Å². The molecule has 4 aromatic rings. The van der Waals surface area contributed by atoms with Gasteiger partial charge in [-0.25, -0.2) is 0 Å². The predicted molar refractivity (Wildman–Crippen MR) is 136 cm³/mol. The fourth-order valence-corrected chi connectivity index (χ4v) is 3.36. The van der Waals surface area contributed by atoms with Crippen molar-refractivity contribution >= 4 is 17.3 Å². The van der Waals surface area contributed by atoms with E-state index in [4.69, 9.17) is 9.47 Å². The zero-order chi connectivity index (χ0) is 23.4. The molecular formula is C29H28N2O3. The number of hydrogen-bond donors (Lipinski definition) is 2. The first-order chi connectivity index (χ1) is 16.7. The van der Waals surface area contributed by atoms with Gasteiger partial charge in [0.1, 0.15) is 18.1 Å². The van der Waals surface area contributed by atoms with Crippen molar-refractivity contribution in [1.82, 2.24) is 0 Å². The molecule has 0 fully saturated rings. The lowest BCUT2D eigenvalue weighted by atomic mass is 10.2. The van der Waals surface area contributed by atoms with Crippen LogP contribution in [0, 0.1) is 0 Å². The zero-order valence-electron chi connectivity index (χ0n) is 18.9. The van der Waals surface area contributed by atoms with Crippen LogP contribution in [0.25, 0.3) is 0 Å². The highest BCUT2D eigenvalue weighted by atomic mass is 16.5. The average molecular weight is 453 g/mol. The van der Waals surface area contributed by atoms with Crippen molar-refractivity contribution in [3.63, 3.8) is 0 Å². The molecule has 0 saturated heterocycles. The molecule has 0 spiro atoms. The molecule has 0 aliphatic heterocycles. The number of hydrogen-bond acceptors (Lipinski definition) is 4. The lowest BCUT2D eigenvalue weighted by molar-refractivity contribution is -0.114. The van der Waals surface area contributed by atoms with E-state index in [2.05, 4.69) is 22.8 Å². The average Bonchev–Trinajstić information content (AvgIpc) is 2.89. The minimum atomic E-state index is -0.123. The van der Waals surface area contributed by atoms with Gasteiger partial charge in [-0.3, -0.25) is 4.79 Å². The number of rotatable bonds is 11. The van der Waals surface area contributed by atoms with Crippen molar-refractivity contribution in [3.05, 3.63) is 120 Å².